The third kappa shape index (κ3) is 4.01. The van der Waals surface area contributed by atoms with E-state index in [0.717, 1.165) is 4.70 Å². The summed E-state index contributed by atoms with van der Waals surface area (Å²) in [6.45, 7) is 3.73. The van der Waals surface area contributed by atoms with Crippen LogP contribution in [0.2, 0.25) is 0 Å². The number of hydrogen-bond donors (Lipinski definition) is 1. The van der Waals surface area contributed by atoms with Crippen molar-refractivity contribution < 1.29 is 18.7 Å². The summed E-state index contributed by atoms with van der Waals surface area (Å²) in [6, 6.07) is 6.26. The van der Waals surface area contributed by atoms with Crippen molar-refractivity contribution in [2.24, 2.45) is 0 Å². The molecule has 1 N–H and O–H groups in total. The molecule has 0 saturated carbocycles. The zero-order valence-corrected chi connectivity index (χ0v) is 12.6. The third-order valence-electron chi connectivity index (χ3n) is 2.71. The second kappa shape index (κ2) is 6.67. The van der Waals surface area contributed by atoms with Crippen LogP contribution in [0.1, 0.15) is 29.9 Å². The number of rotatable bonds is 5. The lowest BCUT2D eigenvalue weighted by Crippen LogP contribution is -2.26. The van der Waals surface area contributed by atoms with Crippen molar-refractivity contribution in [3.05, 3.63) is 35.0 Å². The number of amides is 1. The number of carbonyl (C=O) groups excluding carboxylic acids is 2. The quantitative estimate of drug-likeness (QED) is 0.863. The molecule has 0 bridgehead atoms. The minimum Gasteiger partial charge on any atom is -0.463 e. The lowest BCUT2D eigenvalue weighted by Gasteiger charge is -2.07. The van der Waals surface area contributed by atoms with Crippen molar-refractivity contribution in [2.45, 2.75) is 26.4 Å². The predicted octanol–water partition coefficient (Wildman–Crippen LogP) is 3.11. The Morgan fingerprint density at radius 2 is 2.14 bits per heavy atom. The molecule has 0 aliphatic carbocycles. The van der Waals surface area contributed by atoms with Crippen LogP contribution >= 0.6 is 11.3 Å². The fourth-order valence-electron chi connectivity index (χ4n) is 1.82. The van der Waals surface area contributed by atoms with E-state index in [1.54, 1.807) is 26.0 Å². The molecule has 0 fully saturated rings. The van der Waals surface area contributed by atoms with Crippen LogP contribution in [0.3, 0.4) is 0 Å². The summed E-state index contributed by atoms with van der Waals surface area (Å²) in [5.41, 5.74) is 0. The Morgan fingerprint density at radius 1 is 1.38 bits per heavy atom. The summed E-state index contributed by atoms with van der Waals surface area (Å²) in [5.74, 6) is -1.01. The average Bonchev–Trinajstić information content (AvgIpc) is 2.83. The first-order valence-corrected chi connectivity index (χ1v) is 7.44. The molecular formula is C15H16FNO3S. The molecular weight excluding hydrogens is 293 g/mol. The molecule has 0 atom stereocenters. The van der Waals surface area contributed by atoms with Gasteiger partial charge in [0.05, 0.1) is 17.4 Å². The Balaban J connectivity index is 1.93. The summed E-state index contributed by atoms with van der Waals surface area (Å²) in [7, 11) is 0. The van der Waals surface area contributed by atoms with Crippen molar-refractivity contribution >= 4 is 33.3 Å². The molecule has 0 spiro atoms. The molecule has 1 aromatic heterocycles. The highest BCUT2D eigenvalue weighted by Crippen LogP contribution is 2.27. The summed E-state index contributed by atoms with van der Waals surface area (Å²) in [4.78, 5) is 23.7. The van der Waals surface area contributed by atoms with Crippen LogP contribution in [0.25, 0.3) is 10.1 Å². The van der Waals surface area contributed by atoms with Gasteiger partial charge in [-0.2, -0.15) is 0 Å². The van der Waals surface area contributed by atoms with E-state index in [1.165, 1.54) is 23.5 Å². The van der Waals surface area contributed by atoms with Crippen LogP contribution in [0.5, 0.6) is 0 Å². The minimum absolute atomic E-state index is 0.114. The number of ether oxygens (including phenoxy) is 1. The molecule has 1 aromatic carbocycles. The maximum Gasteiger partial charge on any atom is 0.307 e. The van der Waals surface area contributed by atoms with E-state index in [4.69, 9.17) is 4.74 Å². The number of esters is 1. The van der Waals surface area contributed by atoms with Gasteiger partial charge in [-0.1, -0.05) is 6.07 Å². The number of halogens is 1. The van der Waals surface area contributed by atoms with Gasteiger partial charge in [0, 0.05) is 16.6 Å². The van der Waals surface area contributed by atoms with Crippen LogP contribution in [0, 0.1) is 5.82 Å². The van der Waals surface area contributed by atoms with Crippen LogP contribution in [0.15, 0.2) is 24.3 Å². The zero-order valence-electron chi connectivity index (χ0n) is 11.8. The van der Waals surface area contributed by atoms with Crippen LogP contribution < -0.4 is 5.32 Å². The van der Waals surface area contributed by atoms with Gasteiger partial charge < -0.3 is 10.1 Å². The highest BCUT2D eigenvalue weighted by molar-refractivity contribution is 7.20. The van der Waals surface area contributed by atoms with Crippen molar-refractivity contribution in [1.29, 1.82) is 0 Å². The summed E-state index contributed by atoms with van der Waals surface area (Å²) < 4.78 is 19.2. The molecule has 21 heavy (non-hydrogen) atoms. The second-order valence-corrected chi connectivity index (χ2v) is 5.89. The van der Waals surface area contributed by atoms with Crippen molar-refractivity contribution in [2.75, 3.05) is 6.54 Å². The van der Waals surface area contributed by atoms with E-state index >= 15 is 0 Å². The van der Waals surface area contributed by atoms with Gasteiger partial charge in [0.2, 0.25) is 0 Å². The molecule has 6 heteroatoms. The number of nitrogens with one attached hydrogen (secondary N) is 1. The highest BCUT2D eigenvalue weighted by atomic mass is 32.1. The monoisotopic (exact) mass is 309 g/mol. The lowest BCUT2D eigenvalue weighted by atomic mass is 10.2. The Labute approximate surface area is 125 Å². The van der Waals surface area contributed by atoms with E-state index in [2.05, 4.69) is 5.32 Å². The standard InChI is InChI=1S/C15H16FNO3S/c1-9(2)20-14(18)6-7-17-15(19)13-8-10-11(16)4-3-5-12(10)21-13/h3-5,8-9H,6-7H2,1-2H3,(H,17,19). The summed E-state index contributed by atoms with van der Waals surface area (Å²) >= 11 is 1.22. The zero-order chi connectivity index (χ0) is 15.4. The highest BCUT2D eigenvalue weighted by Gasteiger charge is 2.13. The lowest BCUT2D eigenvalue weighted by molar-refractivity contribution is -0.147. The maximum absolute atomic E-state index is 13.6. The normalized spacial score (nSPS) is 10.9. The van der Waals surface area contributed by atoms with Gasteiger partial charge in [0.1, 0.15) is 5.82 Å². The minimum atomic E-state index is -0.354. The number of fused-ring (bicyclic) bond motifs is 1. The van der Waals surface area contributed by atoms with Gasteiger partial charge in [-0.05, 0) is 32.0 Å². The van der Waals surface area contributed by atoms with Crippen LogP contribution in [-0.2, 0) is 9.53 Å². The smallest absolute Gasteiger partial charge is 0.307 e. The summed E-state index contributed by atoms with van der Waals surface area (Å²) in [5, 5.41) is 3.07. The van der Waals surface area contributed by atoms with E-state index in [1.807, 2.05) is 0 Å². The number of thiophene rings is 1. The van der Waals surface area contributed by atoms with Crippen molar-refractivity contribution in [3.8, 4) is 0 Å². The van der Waals surface area contributed by atoms with Crippen LogP contribution in [0.4, 0.5) is 4.39 Å². The first kappa shape index (κ1) is 15.4. The largest absolute Gasteiger partial charge is 0.463 e. The molecule has 1 heterocycles. The van der Waals surface area contributed by atoms with E-state index in [-0.39, 0.29) is 36.8 Å². The van der Waals surface area contributed by atoms with Gasteiger partial charge in [0.25, 0.3) is 5.91 Å². The summed E-state index contributed by atoms with van der Waals surface area (Å²) in [6.07, 6.45) is -0.0535. The second-order valence-electron chi connectivity index (χ2n) is 4.81. The van der Waals surface area contributed by atoms with Gasteiger partial charge in [-0.3, -0.25) is 9.59 Å². The maximum atomic E-state index is 13.6. The van der Waals surface area contributed by atoms with E-state index in [0.29, 0.717) is 10.3 Å². The number of benzene rings is 1. The topological polar surface area (TPSA) is 55.4 Å². The Hall–Kier alpha value is -1.95. The van der Waals surface area contributed by atoms with Gasteiger partial charge in [-0.15, -0.1) is 11.3 Å². The number of carbonyl (C=O) groups is 2. The molecule has 0 aliphatic rings. The van der Waals surface area contributed by atoms with Gasteiger partial charge in [-0.25, -0.2) is 4.39 Å². The Bertz CT molecular complexity index is 666. The molecule has 0 unspecified atom stereocenters. The molecule has 2 rings (SSSR count). The van der Waals surface area contributed by atoms with Crippen LogP contribution in [-0.4, -0.2) is 24.5 Å². The molecule has 2 aromatic rings. The average molecular weight is 309 g/mol. The predicted molar refractivity (Wildman–Crippen MR) is 80.0 cm³/mol. The van der Waals surface area contributed by atoms with E-state index in [9.17, 15) is 14.0 Å². The van der Waals surface area contributed by atoms with Gasteiger partial charge >= 0.3 is 5.97 Å². The first-order chi connectivity index (χ1) is 9.97. The molecule has 112 valence electrons. The van der Waals surface area contributed by atoms with Gasteiger partial charge in [0.15, 0.2) is 0 Å². The SMILES string of the molecule is CC(C)OC(=O)CCNC(=O)c1cc2c(F)cccc2s1. The van der Waals surface area contributed by atoms with Crippen molar-refractivity contribution in [1.82, 2.24) is 5.32 Å². The Morgan fingerprint density at radius 3 is 2.81 bits per heavy atom. The molecule has 4 nitrogen and oxygen atoms in total. The molecule has 1 amide bonds. The molecule has 0 saturated heterocycles. The number of hydrogen-bond acceptors (Lipinski definition) is 4. The molecule has 0 radical (unpaired) electrons. The fourth-order valence-corrected chi connectivity index (χ4v) is 2.82. The first-order valence-electron chi connectivity index (χ1n) is 6.63. The Kier molecular flexibility index (Phi) is 4.90. The molecule has 0 aliphatic heterocycles. The third-order valence-corrected chi connectivity index (χ3v) is 3.81. The fraction of sp³-hybridized carbons (Fsp3) is 0.333. The van der Waals surface area contributed by atoms with E-state index < -0.39 is 0 Å². The van der Waals surface area contributed by atoms with Crippen molar-refractivity contribution in [3.63, 3.8) is 0 Å².